The number of alkyl halides is 3. The molecule has 0 N–H and O–H groups in total. The molecule has 8 heteroatoms. The largest absolute Gasteiger partial charge is 0.390 e. The average molecular weight is 373 g/mol. The molecule has 0 radical (unpaired) electrons. The molecule has 1 aliphatic carbocycles. The van der Waals surface area contributed by atoms with Crippen molar-refractivity contribution in [1.82, 2.24) is 14.9 Å². The Morgan fingerprint density at radius 1 is 1.28 bits per heavy atom. The van der Waals surface area contributed by atoms with Crippen LogP contribution in [0.4, 0.5) is 13.2 Å². The molecule has 3 rings (SSSR count). The van der Waals surface area contributed by atoms with Crippen LogP contribution in [0.3, 0.4) is 0 Å². The quantitative estimate of drug-likeness (QED) is 0.756. The van der Waals surface area contributed by atoms with Crippen LogP contribution in [0.2, 0.25) is 0 Å². The molecule has 2 aromatic rings. The minimum Gasteiger partial charge on any atom is -0.348 e. The monoisotopic (exact) mass is 373 g/mol. The molecule has 0 aromatic carbocycles. The summed E-state index contributed by atoms with van der Waals surface area (Å²) in [5.74, 6) is 0. The summed E-state index contributed by atoms with van der Waals surface area (Å²) in [4.78, 5) is 22.3. The number of nitrogens with zero attached hydrogens (tertiary/aromatic N) is 3. The topological polar surface area (TPSA) is 46.1 Å². The van der Waals surface area contributed by atoms with E-state index >= 15 is 0 Å². The first kappa shape index (κ1) is 19.6. The highest BCUT2D eigenvalue weighted by atomic mass is 32.1. The summed E-state index contributed by atoms with van der Waals surface area (Å²) in [6.45, 7) is 1.90. The maximum Gasteiger partial charge on any atom is 0.390 e. The van der Waals surface area contributed by atoms with Gasteiger partial charge < -0.3 is 4.90 Å². The molecular weight excluding hydrogens is 351 g/mol. The summed E-state index contributed by atoms with van der Waals surface area (Å²) in [5, 5.41) is 1.37. The first-order valence-electron chi connectivity index (χ1n) is 8.32. The number of aryl methyl sites for hydroxylation is 3. The lowest BCUT2D eigenvalue weighted by Crippen LogP contribution is -2.22. The zero-order chi connectivity index (χ0) is 18.4. The number of hydrogen-bond donors (Lipinski definition) is 0. The second kappa shape index (κ2) is 8.60. The second-order valence-electron chi connectivity index (χ2n) is 6.02. The van der Waals surface area contributed by atoms with E-state index in [2.05, 4.69) is 16.9 Å². The Hall–Kier alpha value is -1.70. The van der Waals surface area contributed by atoms with Crippen LogP contribution in [-0.4, -0.2) is 41.0 Å². The lowest BCUT2D eigenvalue weighted by Gasteiger charge is -2.11. The van der Waals surface area contributed by atoms with Crippen LogP contribution in [0.1, 0.15) is 42.3 Å². The van der Waals surface area contributed by atoms with Gasteiger partial charge in [-0.3, -0.25) is 4.79 Å². The fourth-order valence-corrected chi connectivity index (χ4v) is 4.03. The predicted molar refractivity (Wildman–Crippen MR) is 92.8 cm³/mol. The molecule has 4 nitrogen and oxygen atoms in total. The van der Waals surface area contributed by atoms with Crippen molar-refractivity contribution in [1.29, 1.82) is 0 Å². The van der Waals surface area contributed by atoms with Crippen molar-refractivity contribution in [3.63, 3.8) is 0 Å². The maximum atomic E-state index is 11.4. The van der Waals surface area contributed by atoms with E-state index in [0.717, 1.165) is 11.3 Å². The Morgan fingerprint density at radius 3 is 2.64 bits per heavy atom. The third-order valence-corrected chi connectivity index (χ3v) is 5.29. The smallest absolute Gasteiger partial charge is 0.348 e. The van der Waals surface area contributed by atoms with Gasteiger partial charge in [-0.2, -0.15) is 13.2 Å². The van der Waals surface area contributed by atoms with Crippen molar-refractivity contribution < 1.29 is 18.0 Å². The Morgan fingerprint density at radius 2 is 2.00 bits per heavy atom. The fourth-order valence-electron chi connectivity index (χ4n) is 2.78. The van der Waals surface area contributed by atoms with Crippen LogP contribution >= 0.6 is 11.3 Å². The van der Waals surface area contributed by atoms with Crippen LogP contribution in [0.15, 0.2) is 6.33 Å². The molecular formula is C17H22F3N3OS. The standard InChI is InChI=1S/C12H14N2S.C5H8F3NO/c1-2-9-11-8-5-3-4-6-10(8)15-12(11)14-7-13-9;1-9(4-10)3-2-5(6,7)8/h7H,2-6H2,1H3;4H,2-3H2,1H3. The zero-order valence-corrected chi connectivity index (χ0v) is 15.2. The molecule has 0 unspecified atom stereocenters. The van der Waals surface area contributed by atoms with E-state index in [0.29, 0.717) is 6.41 Å². The highest BCUT2D eigenvalue weighted by molar-refractivity contribution is 7.18. The summed E-state index contributed by atoms with van der Waals surface area (Å²) in [6, 6.07) is 0. The van der Waals surface area contributed by atoms with Gasteiger partial charge in [-0.05, 0) is 37.7 Å². The third kappa shape index (κ3) is 5.39. The number of aromatic nitrogens is 2. The summed E-state index contributed by atoms with van der Waals surface area (Å²) in [6.07, 6.45) is 3.14. The number of fused-ring (bicyclic) bond motifs is 3. The van der Waals surface area contributed by atoms with Gasteiger partial charge >= 0.3 is 6.18 Å². The lowest BCUT2D eigenvalue weighted by atomic mass is 9.96. The van der Waals surface area contributed by atoms with Crippen molar-refractivity contribution in [3.05, 3.63) is 22.5 Å². The highest BCUT2D eigenvalue weighted by Crippen LogP contribution is 2.36. The van der Waals surface area contributed by atoms with Gasteiger partial charge in [0.1, 0.15) is 11.2 Å². The van der Waals surface area contributed by atoms with Gasteiger partial charge in [-0.15, -0.1) is 11.3 Å². The zero-order valence-electron chi connectivity index (χ0n) is 14.4. The Bertz CT molecular complexity index is 715. The van der Waals surface area contributed by atoms with Crippen molar-refractivity contribution in [3.8, 4) is 0 Å². The Balaban J connectivity index is 0.000000199. The first-order valence-corrected chi connectivity index (χ1v) is 9.13. The number of carbonyl (C=O) groups excluding carboxylic acids is 1. The summed E-state index contributed by atoms with van der Waals surface area (Å²) >= 11 is 1.88. The van der Waals surface area contributed by atoms with Gasteiger partial charge in [0, 0.05) is 23.9 Å². The van der Waals surface area contributed by atoms with Crippen molar-refractivity contribution in [2.75, 3.05) is 13.6 Å². The van der Waals surface area contributed by atoms with Gasteiger partial charge in [0.2, 0.25) is 6.41 Å². The second-order valence-corrected chi connectivity index (χ2v) is 7.10. The van der Waals surface area contributed by atoms with Crippen molar-refractivity contribution in [2.24, 2.45) is 0 Å². The minimum absolute atomic E-state index is 0.271. The average Bonchev–Trinajstić information content (AvgIpc) is 2.98. The van der Waals surface area contributed by atoms with E-state index in [1.165, 1.54) is 48.6 Å². The Kier molecular flexibility index (Phi) is 6.75. The van der Waals surface area contributed by atoms with E-state index in [1.807, 2.05) is 11.3 Å². The number of rotatable bonds is 4. The normalized spacial score (nSPS) is 13.8. The Labute approximate surface area is 149 Å². The molecule has 2 heterocycles. The molecule has 2 aromatic heterocycles. The van der Waals surface area contributed by atoms with Crippen LogP contribution < -0.4 is 0 Å². The lowest BCUT2D eigenvalue weighted by molar-refractivity contribution is -0.139. The van der Waals surface area contributed by atoms with Crippen LogP contribution in [0.25, 0.3) is 10.2 Å². The van der Waals surface area contributed by atoms with E-state index in [9.17, 15) is 18.0 Å². The van der Waals surface area contributed by atoms with Crippen LogP contribution in [0.5, 0.6) is 0 Å². The number of halogens is 3. The van der Waals surface area contributed by atoms with Gasteiger partial charge in [0.25, 0.3) is 0 Å². The first-order chi connectivity index (χ1) is 11.9. The summed E-state index contributed by atoms with van der Waals surface area (Å²) < 4.78 is 34.2. The maximum absolute atomic E-state index is 11.4. The van der Waals surface area contributed by atoms with Gasteiger partial charge in [-0.1, -0.05) is 6.92 Å². The number of carbonyl (C=O) groups is 1. The molecule has 0 fully saturated rings. The van der Waals surface area contributed by atoms with Gasteiger partial charge in [-0.25, -0.2) is 9.97 Å². The van der Waals surface area contributed by atoms with E-state index in [4.69, 9.17) is 0 Å². The SMILES string of the molecule is CCc1ncnc2sc3c(c12)CCCC3.CN(C=O)CCC(F)(F)F. The van der Waals surface area contributed by atoms with Crippen LogP contribution in [-0.2, 0) is 24.1 Å². The minimum atomic E-state index is -4.17. The number of hydrogen-bond acceptors (Lipinski definition) is 4. The molecule has 0 bridgehead atoms. The summed E-state index contributed by atoms with van der Waals surface area (Å²) in [7, 11) is 1.30. The van der Waals surface area contributed by atoms with E-state index in [-0.39, 0.29) is 6.54 Å². The van der Waals surface area contributed by atoms with Crippen molar-refractivity contribution in [2.45, 2.75) is 51.6 Å². The fraction of sp³-hybridized carbons (Fsp3) is 0.588. The van der Waals surface area contributed by atoms with E-state index in [1.54, 1.807) is 16.8 Å². The number of thiophene rings is 1. The molecule has 0 atom stereocenters. The van der Waals surface area contributed by atoms with E-state index < -0.39 is 12.6 Å². The summed E-state index contributed by atoms with van der Waals surface area (Å²) in [5.41, 5.74) is 2.79. The molecule has 0 saturated heterocycles. The third-order valence-electron chi connectivity index (χ3n) is 4.09. The van der Waals surface area contributed by atoms with Gasteiger partial charge in [0.05, 0.1) is 12.1 Å². The molecule has 25 heavy (non-hydrogen) atoms. The van der Waals surface area contributed by atoms with Crippen molar-refractivity contribution >= 4 is 28.0 Å². The molecule has 1 aliphatic rings. The molecule has 0 saturated carbocycles. The van der Waals surface area contributed by atoms with Crippen LogP contribution in [0, 0.1) is 0 Å². The highest BCUT2D eigenvalue weighted by Gasteiger charge is 2.26. The molecule has 0 aliphatic heterocycles. The molecule has 0 spiro atoms. The van der Waals surface area contributed by atoms with Gasteiger partial charge in [0.15, 0.2) is 0 Å². The molecule has 138 valence electrons. The predicted octanol–water partition coefficient (Wildman–Crippen LogP) is 4.16. The number of amides is 1. The molecule has 1 amide bonds.